The fourth-order valence-electron chi connectivity index (χ4n) is 2.75. The third kappa shape index (κ3) is 4.74. The number of amides is 1. The van der Waals surface area contributed by atoms with Gasteiger partial charge in [-0.15, -0.1) is 0 Å². The summed E-state index contributed by atoms with van der Waals surface area (Å²) in [5, 5.41) is 0. The first kappa shape index (κ1) is 15.8. The van der Waals surface area contributed by atoms with E-state index in [-0.39, 0.29) is 12.5 Å². The Morgan fingerprint density at radius 1 is 1.24 bits per heavy atom. The van der Waals surface area contributed by atoms with Gasteiger partial charge < -0.3 is 15.4 Å². The highest BCUT2D eigenvalue weighted by Crippen LogP contribution is 2.20. The maximum Gasteiger partial charge on any atom is 0.260 e. The van der Waals surface area contributed by atoms with Crippen molar-refractivity contribution in [2.24, 2.45) is 5.73 Å². The van der Waals surface area contributed by atoms with Gasteiger partial charge in [-0.25, -0.2) is 0 Å². The second kappa shape index (κ2) is 8.03. The number of nitrogens with two attached hydrogens (primary N) is 1. The van der Waals surface area contributed by atoms with E-state index in [2.05, 4.69) is 6.07 Å². The molecule has 0 bridgehead atoms. The number of benzene rings is 1. The molecule has 1 heterocycles. The van der Waals surface area contributed by atoms with Crippen molar-refractivity contribution in [1.82, 2.24) is 4.90 Å². The number of carbonyl (C=O) groups is 1. The van der Waals surface area contributed by atoms with Crippen LogP contribution in [0.15, 0.2) is 18.2 Å². The van der Waals surface area contributed by atoms with Gasteiger partial charge in [0.05, 0.1) is 0 Å². The zero-order valence-electron chi connectivity index (χ0n) is 12.9. The molecule has 2 N–H and O–H groups in total. The highest BCUT2D eigenvalue weighted by molar-refractivity contribution is 5.77. The molecule has 0 radical (unpaired) electrons. The molecule has 1 aromatic carbocycles. The van der Waals surface area contributed by atoms with Gasteiger partial charge in [0.15, 0.2) is 6.61 Å². The topological polar surface area (TPSA) is 55.6 Å². The van der Waals surface area contributed by atoms with Gasteiger partial charge in [-0.3, -0.25) is 4.79 Å². The monoisotopic (exact) mass is 290 g/mol. The predicted molar refractivity (Wildman–Crippen MR) is 84.5 cm³/mol. The summed E-state index contributed by atoms with van der Waals surface area (Å²) >= 11 is 0. The van der Waals surface area contributed by atoms with Crippen molar-refractivity contribution in [1.29, 1.82) is 0 Å². The summed E-state index contributed by atoms with van der Waals surface area (Å²) in [6, 6.07) is 6.03. The van der Waals surface area contributed by atoms with Crippen LogP contribution in [0.5, 0.6) is 5.75 Å². The molecule has 0 atom stereocenters. The number of nitrogens with zero attached hydrogens (tertiary/aromatic N) is 1. The van der Waals surface area contributed by atoms with Gasteiger partial charge >= 0.3 is 0 Å². The lowest BCUT2D eigenvalue weighted by atomic mass is 10.1. The Balaban J connectivity index is 1.93. The highest BCUT2D eigenvalue weighted by atomic mass is 16.5. The van der Waals surface area contributed by atoms with E-state index in [0.29, 0.717) is 6.54 Å². The molecule has 0 spiro atoms. The molecule has 116 valence electrons. The van der Waals surface area contributed by atoms with Crippen molar-refractivity contribution in [3.05, 3.63) is 29.3 Å². The molecule has 4 nitrogen and oxygen atoms in total. The van der Waals surface area contributed by atoms with Gasteiger partial charge in [0, 0.05) is 13.1 Å². The van der Waals surface area contributed by atoms with E-state index < -0.39 is 0 Å². The molecule has 0 unspecified atom stereocenters. The van der Waals surface area contributed by atoms with E-state index in [0.717, 1.165) is 43.7 Å². The summed E-state index contributed by atoms with van der Waals surface area (Å²) < 4.78 is 5.75. The molecule has 0 aliphatic carbocycles. The lowest BCUT2D eigenvalue weighted by molar-refractivity contribution is -0.133. The van der Waals surface area contributed by atoms with Crippen LogP contribution in [0.2, 0.25) is 0 Å². The number of rotatable bonds is 5. The van der Waals surface area contributed by atoms with Crippen LogP contribution >= 0.6 is 0 Å². The quantitative estimate of drug-likeness (QED) is 0.905. The van der Waals surface area contributed by atoms with Crippen LogP contribution in [0.3, 0.4) is 0 Å². The van der Waals surface area contributed by atoms with E-state index in [1.165, 1.54) is 18.4 Å². The molecule has 1 fully saturated rings. The molecule has 1 aromatic rings. The minimum atomic E-state index is 0.0937. The van der Waals surface area contributed by atoms with Crippen molar-refractivity contribution >= 4 is 5.91 Å². The molecule has 21 heavy (non-hydrogen) atoms. The molecule has 1 aliphatic heterocycles. The van der Waals surface area contributed by atoms with Crippen LogP contribution in [0.25, 0.3) is 0 Å². The zero-order valence-corrected chi connectivity index (χ0v) is 12.9. The van der Waals surface area contributed by atoms with E-state index >= 15 is 0 Å². The SMILES string of the molecule is Cc1ccc(OCC(=O)N2CCCCCC2)c(CCN)c1. The van der Waals surface area contributed by atoms with Crippen LogP contribution in [0, 0.1) is 6.92 Å². The normalized spacial score (nSPS) is 15.6. The van der Waals surface area contributed by atoms with E-state index in [1.54, 1.807) is 0 Å². The number of carbonyl (C=O) groups excluding carboxylic acids is 1. The summed E-state index contributed by atoms with van der Waals surface area (Å²) in [6.07, 6.45) is 5.44. The van der Waals surface area contributed by atoms with Gasteiger partial charge in [-0.1, -0.05) is 30.5 Å². The first-order valence-electron chi connectivity index (χ1n) is 7.91. The number of aryl methyl sites for hydroxylation is 1. The van der Waals surface area contributed by atoms with Crippen LogP contribution in [-0.2, 0) is 11.2 Å². The highest BCUT2D eigenvalue weighted by Gasteiger charge is 2.16. The standard InChI is InChI=1S/C17H26N2O2/c1-14-6-7-16(15(12-14)8-9-18)21-13-17(20)19-10-4-2-3-5-11-19/h6-7,12H,2-5,8-11,13,18H2,1H3. The molecule has 1 aliphatic rings. The Bertz CT molecular complexity index is 466. The lowest BCUT2D eigenvalue weighted by Gasteiger charge is -2.21. The summed E-state index contributed by atoms with van der Waals surface area (Å²) in [5.74, 6) is 0.880. The van der Waals surface area contributed by atoms with Crippen molar-refractivity contribution in [2.45, 2.75) is 39.0 Å². The van der Waals surface area contributed by atoms with Crippen molar-refractivity contribution in [3.63, 3.8) is 0 Å². The second-order valence-corrected chi connectivity index (χ2v) is 5.73. The third-order valence-corrected chi connectivity index (χ3v) is 3.94. The van der Waals surface area contributed by atoms with Crippen LogP contribution < -0.4 is 10.5 Å². The van der Waals surface area contributed by atoms with E-state index in [9.17, 15) is 4.79 Å². The second-order valence-electron chi connectivity index (χ2n) is 5.73. The van der Waals surface area contributed by atoms with E-state index in [1.807, 2.05) is 24.0 Å². The van der Waals surface area contributed by atoms with Crippen molar-refractivity contribution < 1.29 is 9.53 Å². The Labute approximate surface area is 127 Å². The summed E-state index contributed by atoms with van der Waals surface area (Å²) in [7, 11) is 0. The van der Waals surface area contributed by atoms with Gasteiger partial charge in [0.1, 0.15) is 5.75 Å². The third-order valence-electron chi connectivity index (χ3n) is 3.94. The molecule has 0 aromatic heterocycles. The number of likely N-dealkylation sites (tertiary alicyclic amines) is 1. The number of hydrogen-bond donors (Lipinski definition) is 1. The van der Waals surface area contributed by atoms with Gasteiger partial charge in [-0.2, -0.15) is 0 Å². The fraction of sp³-hybridized carbons (Fsp3) is 0.588. The first-order chi connectivity index (χ1) is 10.2. The van der Waals surface area contributed by atoms with Crippen LogP contribution in [-0.4, -0.2) is 37.0 Å². The number of ether oxygens (including phenoxy) is 1. The molecular weight excluding hydrogens is 264 g/mol. The minimum absolute atomic E-state index is 0.0937. The molecule has 4 heteroatoms. The van der Waals surface area contributed by atoms with E-state index in [4.69, 9.17) is 10.5 Å². The summed E-state index contributed by atoms with van der Waals surface area (Å²) in [4.78, 5) is 14.2. The Hall–Kier alpha value is -1.55. The van der Waals surface area contributed by atoms with Crippen LogP contribution in [0.4, 0.5) is 0 Å². The van der Waals surface area contributed by atoms with Gasteiger partial charge in [0.25, 0.3) is 5.91 Å². The summed E-state index contributed by atoms with van der Waals surface area (Å²) in [6.45, 7) is 4.49. The smallest absolute Gasteiger partial charge is 0.260 e. The lowest BCUT2D eigenvalue weighted by Crippen LogP contribution is -2.35. The number of hydrogen-bond acceptors (Lipinski definition) is 3. The Morgan fingerprint density at radius 3 is 2.62 bits per heavy atom. The molecular formula is C17H26N2O2. The Morgan fingerprint density at radius 2 is 1.95 bits per heavy atom. The Kier molecular flexibility index (Phi) is 6.05. The van der Waals surface area contributed by atoms with Crippen molar-refractivity contribution in [2.75, 3.05) is 26.2 Å². The van der Waals surface area contributed by atoms with Gasteiger partial charge in [-0.05, 0) is 44.4 Å². The van der Waals surface area contributed by atoms with Crippen molar-refractivity contribution in [3.8, 4) is 5.75 Å². The van der Waals surface area contributed by atoms with Crippen LogP contribution in [0.1, 0.15) is 36.8 Å². The minimum Gasteiger partial charge on any atom is -0.483 e. The fourth-order valence-corrected chi connectivity index (χ4v) is 2.75. The molecule has 1 amide bonds. The largest absolute Gasteiger partial charge is 0.483 e. The molecule has 2 rings (SSSR count). The molecule has 1 saturated heterocycles. The van der Waals surface area contributed by atoms with Gasteiger partial charge in [0.2, 0.25) is 0 Å². The molecule has 0 saturated carbocycles. The zero-order chi connectivity index (χ0) is 15.1. The average Bonchev–Trinajstić information content (AvgIpc) is 2.75. The summed E-state index contributed by atoms with van der Waals surface area (Å²) in [5.41, 5.74) is 7.91. The maximum absolute atomic E-state index is 12.2. The maximum atomic E-state index is 12.2. The average molecular weight is 290 g/mol. The first-order valence-corrected chi connectivity index (χ1v) is 7.91. The predicted octanol–water partition coefficient (Wildman–Crippen LogP) is 2.28.